The van der Waals surface area contributed by atoms with Crippen molar-refractivity contribution in [1.29, 1.82) is 0 Å². The second kappa shape index (κ2) is 7.28. The highest BCUT2D eigenvalue weighted by molar-refractivity contribution is 5.84. The number of amides is 1. The first-order valence-corrected chi connectivity index (χ1v) is 8.82. The Labute approximate surface area is 134 Å². The maximum Gasteiger partial charge on any atom is 0.239 e. The van der Waals surface area contributed by atoms with Gasteiger partial charge in [-0.15, -0.1) is 0 Å². The SMILES string of the molecule is CCC(O)[C@@H]1C[C@H](N(C)C(C)C)CC[C@@H]1N1CCC(N)C1=O. The average Bonchev–Trinajstić information content (AvgIpc) is 2.84. The molecule has 2 aliphatic rings. The minimum atomic E-state index is -0.338. The summed E-state index contributed by atoms with van der Waals surface area (Å²) in [4.78, 5) is 16.7. The molecule has 5 atom stereocenters. The highest BCUT2D eigenvalue weighted by atomic mass is 16.3. The molecule has 0 radical (unpaired) electrons. The van der Waals surface area contributed by atoms with Crippen LogP contribution in [0.2, 0.25) is 0 Å². The minimum Gasteiger partial charge on any atom is -0.393 e. The Bertz CT molecular complexity index is 388. The number of likely N-dealkylation sites (tertiary alicyclic amines) is 1. The van der Waals surface area contributed by atoms with Crippen molar-refractivity contribution in [3.8, 4) is 0 Å². The quantitative estimate of drug-likeness (QED) is 0.800. The van der Waals surface area contributed by atoms with Gasteiger partial charge < -0.3 is 20.6 Å². The summed E-state index contributed by atoms with van der Waals surface area (Å²) in [6.07, 6.45) is 4.19. The number of carbonyl (C=O) groups excluding carboxylic acids is 1. The fourth-order valence-electron chi connectivity index (χ4n) is 4.12. The number of hydrogen-bond donors (Lipinski definition) is 2. The van der Waals surface area contributed by atoms with Crippen molar-refractivity contribution in [2.24, 2.45) is 11.7 Å². The lowest BCUT2D eigenvalue weighted by Gasteiger charge is -2.46. The first-order chi connectivity index (χ1) is 10.4. The number of carbonyl (C=O) groups is 1. The van der Waals surface area contributed by atoms with E-state index in [4.69, 9.17) is 5.73 Å². The number of aliphatic hydroxyl groups excluding tert-OH is 1. The molecule has 1 heterocycles. The maximum absolute atomic E-state index is 12.3. The van der Waals surface area contributed by atoms with Crippen LogP contribution >= 0.6 is 0 Å². The van der Waals surface area contributed by atoms with Gasteiger partial charge in [0.15, 0.2) is 0 Å². The molecule has 2 rings (SSSR count). The molecule has 5 heteroatoms. The van der Waals surface area contributed by atoms with E-state index >= 15 is 0 Å². The molecule has 1 aliphatic carbocycles. The molecular weight excluding hydrogens is 278 g/mol. The standard InChI is InChI=1S/C17H33N3O2/c1-5-16(21)13-10-12(19(4)11(2)3)6-7-15(13)20-9-8-14(18)17(20)22/h11-16,21H,5-10,18H2,1-4H3/t12-,13-,14?,15+,16?/m1/s1. The topological polar surface area (TPSA) is 69.8 Å². The second-order valence-electron chi connectivity index (χ2n) is 7.36. The summed E-state index contributed by atoms with van der Waals surface area (Å²) in [7, 11) is 2.17. The van der Waals surface area contributed by atoms with Crippen LogP contribution in [0.1, 0.15) is 52.9 Å². The van der Waals surface area contributed by atoms with Gasteiger partial charge in [-0.1, -0.05) is 6.92 Å². The first-order valence-electron chi connectivity index (χ1n) is 8.82. The normalized spacial score (nSPS) is 34.7. The van der Waals surface area contributed by atoms with Crippen LogP contribution in [0, 0.1) is 5.92 Å². The van der Waals surface area contributed by atoms with Gasteiger partial charge in [-0.25, -0.2) is 0 Å². The van der Waals surface area contributed by atoms with Crippen molar-refractivity contribution in [3.63, 3.8) is 0 Å². The highest BCUT2D eigenvalue weighted by Gasteiger charge is 2.43. The van der Waals surface area contributed by atoms with Crippen molar-refractivity contribution in [2.75, 3.05) is 13.6 Å². The number of nitrogens with two attached hydrogens (primary N) is 1. The van der Waals surface area contributed by atoms with Crippen LogP contribution in [-0.4, -0.2) is 64.7 Å². The fraction of sp³-hybridized carbons (Fsp3) is 0.941. The molecule has 1 amide bonds. The van der Waals surface area contributed by atoms with Crippen molar-refractivity contribution in [2.45, 2.75) is 83.1 Å². The number of aliphatic hydroxyl groups is 1. The molecule has 1 aliphatic heterocycles. The average molecular weight is 311 g/mol. The van der Waals surface area contributed by atoms with Gasteiger partial charge in [-0.3, -0.25) is 4.79 Å². The lowest BCUT2D eigenvalue weighted by atomic mass is 9.76. The van der Waals surface area contributed by atoms with Crippen LogP contribution in [-0.2, 0) is 4.79 Å². The third-order valence-corrected chi connectivity index (χ3v) is 5.82. The van der Waals surface area contributed by atoms with E-state index in [1.54, 1.807) is 0 Å². The van der Waals surface area contributed by atoms with Gasteiger partial charge in [0.25, 0.3) is 0 Å². The molecular formula is C17H33N3O2. The van der Waals surface area contributed by atoms with Gasteiger partial charge in [0.2, 0.25) is 5.91 Å². The summed E-state index contributed by atoms with van der Waals surface area (Å²) >= 11 is 0. The molecule has 3 N–H and O–H groups in total. The van der Waals surface area contributed by atoms with Crippen LogP contribution in [0.15, 0.2) is 0 Å². The predicted molar refractivity (Wildman–Crippen MR) is 88.4 cm³/mol. The molecule has 1 saturated heterocycles. The third-order valence-electron chi connectivity index (χ3n) is 5.82. The first kappa shape index (κ1) is 17.7. The van der Waals surface area contributed by atoms with E-state index in [0.29, 0.717) is 12.1 Å². The largest absolute Gasteiger partial charge is 0.393 e. The summed E-state index contributed by atoms with van der Waals surface area (Å²) < 4.78 is 0. The van der Waals surface area contributed by atoms with Crippen LogP contribution in [0.3, 0.4) is 0 Å². The van der Waals surface area contributed by atoms with Crippen molar-refractivity contribution in [1.82, 2.24) is 9.80 Å². The maximum atomic E-state index is 12.3. The van der Waals surface area contributed by atoms with E-state index in [9.17, 15) is 9.90 Å². The van der Waals surface area contributed by atoms with Gasteiger partial charge >= 0.3 is 0 Å². The van der Waals surface area contributed by atoms with Crippen LogP contribution < -0.4 is 5.73 Å². The van der Waals surface area contributed by atoms with Gasteiger partial charge in [0.05, 0.1) is 12.1 Å². The molecule has 1 saturated carbocycles. The van der Waals surface area contributed by atoms with Crippen LogP contribution in [0.5, 0.6) is 0 Å². The Morgan fingerprint density at radius 3 is 2.55 bits per heavy atom. The van der Waals surface area contributed by atoms with E-state index in [1.165, 1.54) is 0 Å². The molecule has 22 heavy (non-hydrogen) atoms. The molecule has 2 fully saturated rings. The fourth-order valence-corrected chi connectivity index (χ4v) is 4.12. The number of hydrogen-bond acceptors (Lipinski definition) is 4. The van der Waals surface area contributed by atoms with Gasteiger partial charge in [-0.2, -0.15) is 0 Å². The Balaban J connectivity index is 2.12. The molecule has 0 bridgehead atoms. The highest BCUT2D eigenvalue weighted by Crippen LogP contribution is 2.36. The minimum absolute atomic E-state index is 0.0777. The molecule has 0 aromatic carbocycles. The van der Waals surface area contributed by atoms with Gasteiger partial charge in [0.1, 0.15) is 0 Å². The lowest BCUT2D eigenvalue weighted by Crippen LogP contribution is -2.53. The zero-order valence-corrected chi connectivity index (χ0v) is 14.5. The van der Waals surface area contributed by atoms with Gasteiger partial charge in [0, 0.05) is 30.6 Å². The van der Waals surface area contributed by atoms with Crippen LogP contribution in [0.4, 0.5) is 0 Å². The number of rotatable bonds is 5. The summed E-state index contributed by atoms with van der Waals surface area (Å²) in [5.41, 5.74) is 5.88. The monoisotopic (exact) mass is 311 g/mol. The van der Waals surface area contributed by atoms with E-state index in [0.717, 1.165) is 38.6 Å². The molecule has 0 aromatic heterocycles. The Hall–Kier alpha value is -0.650. The van der Waals surface area contributed by atoms with Gasteiger partial charge in [-0.05, 0) is 53.0 Å². The third kappa shape index (κ3) is 3.47. The summed E-state index contributed by atoms with van der Waals surface area (Å²) in [5, 5.41) is 10.5. The Kier molecular flexibility index (Phi) is 5.86. The molecule has 0 aromatic rings. The molecule has 5 nitrogen and oxygen atoms in total. The van der Waals surface area contributed by atoms with Crippen molar-refractivity contribution < 1.29 is 9.90 Å². The molecule has 128 valence electrons. The van der Waals surface area contributed by atoms with E-state index in [-0.39, 0.29) is 30.0 Å². The summed E-state index contributed by atoms with van der Waals surface area (Å²) in [6, 6.07) is 0.819. The number of nitrogens with zero attached hydrogens (tertiary/aromatic N) is 2. The van der Waals surface area contributed by atoms with Crippen molar-refractivity contribution >= 4 is 5.91 Å². The zero-order chi connectivity index (χ0) is 16.4. The molecule has 0 spiro atoms. The molecule has 2 unspecified atom stereocenters. The smallest absolute Gasteiger partial charge is 0.239 e. The van der Waals surface area contributed by atoms with Crippen molar-refractivity contribution in [3.05, 3.63) is 0 Å². The van der Waals surface area contributed by atoms with E-state index in [2.05, 4.69) is 25.8 Å². The lowest BCUT2D eigenvalue weighted by molar-refractivity contribution is -0.134. The zero-order valence-electron chi connectivity index (χ0n) is 14.5. The summed E-state index contributed by atoms with van der Waals surface area (Å²) in [6.45, 7) is 7.19. The van der Waals surface area contributed by atoms with E-state index < -0.39 is 0 Å². The van der Waals surface area contributed by atoms with E-state index in [1.807, 2.05) is 11.8 Å². The predicted octanol–water partition coefficient (Wildman–Crippen LogP) is 1.19. The Morgan fingerprint density at radius 1 is 1.36 bits per heavy atom. The second-order valence-corrected chi connectivity index (χ2v) is 7.36. The van der Waals surface area contributed by atoms with Crippen LogP contribution in [0.25, 0.3) is 0 Å². The Morgan fingerprint density at radius 2 is 2.05 bits per heavy atom. The summed E-state index contributed by atoms with van der Waals surface area (Å²) in [5.74, 6) is 0.244.